The molecule has 1 amide bonds. The van der Waals surface area contributed by atoms with E-state index in [4.69, 9.17) is 0 Å². The minimum absolute atomic E-state index is 0.0501. The summed E-state index contributed by atoms with van der Waals surface area (Å²) in [7, 11) is -3.81. The number of rotatable bonds is 5. The van der Waals surface area contributed by atoms with Gasteiger partial charge in [0.2, 0.25) is 0 Å². The standard InChI is InChI=1S/C20H23FN2O3S/c1-2-18-5-3-4-14-23(18)20(24)15-6-12-19(13-7-15)27(25,26)22-17-10-8-16(21)9-11-17/h6-13,18,22H,2-5,14H2,1H3. The van der Waals surface area contributed by atoms with Gasteiger partial charge in [0.25, 0.3) is 15.9 Å². The zero-order chi connectivity index (χ0) is 19.4. The average Bonchev–Trinajstić information content (AvgIpc) is 2.69. The third-order valence-corrected chi connectivity index (χ3v) is 6.26. The number of anilines is 1. The smallest absolute Gasteiger partial charge is 0.261 e. The monoisotopic (exact) mass is 390 g/mol. The quantitative estimate of drug-likeness (QED) is 0.838. The maximum absolute atomic E-state index is 13.0. The Kier molecular flexibility index (Phi) is 5.79. The molecule has 7 heteroatoms. The third kappa shape index (κ3) is 4.47. The van der Waals surface area contributed by atoms with Crippen LogP contribution in [0.25, 0.3) is 0 Å². The van der Waals surface area contributed by atoms with Crippen molar-refractivity contribution >= 4 is 21.6 Å². The second kappa shape index (κ2) is 8.08. The fraction of sp³-hybridized carbons (Fsp3) is 0.350. The predicted octanol–water partition coefficient (Wildman–Crippen LogP) is 4.03. The highest BCUT2D eigenvalue weighted by atomic mass is 32.2. The number of benzene rings is 2. The molecule has 1 atom stereocenters. The van der Waals surface area contributed by atoms with Crippen molar-refractivity contribution in [2.45, 2.75) is 43.5 Å². The maximum atomic E-state index is 13.0. The van der Waals surface area contributed by atoms with E-state index in [1.807, 2.05) is 4.90 Å². The fourth-order valence-electron chi connectivity index (χ4n) is 3.37. The molecule has 5 nitrogen and oxygen atoms in total. The molecule has 3 rings (SSSR count). The van der Waals surface area contributed by atoms with Gasteiger partial charge in [-0.15, -0.1) is 0 Å². The van der Waals surface area contributed by atoms with Crippen LogP contribution in [0.4, 0.5) is 10.1 Å². The van der Waals surface area contributed by atoms with Crippen LogP contribution < -0.4 is 4.72 Å². The van der Waals surface area contributed by atoms with Gasteiger partial charge in [-0.2, -0.15) is 0 Å². The number of carbonyl (C=O) groups is 1. The van der Waals surface area contributed by atoms with E-state index in [1.54, 1.807) is 12.1 Å². The fourth-order valence-corrected chi connectivity index (χ4v) is 4.43. The van der Waals surface area contributed by atoms with Crippen molar-refractivity contribution in [1.82, 2.24) is 4.90 Å². The van der Waals surface area contributed by atoms with Crippen LogP contribution in [0.1, 0.15) is 43.0 Å². The molecule has 0 bridgehead atoms. The van der Waals surface area contributed by atoms with Gasteiger partial charge in [-0.3, -0.25) is 9.52 Å². The number of nitrogens with one attached hydrogen (secondary N) is 1. The van der Waals surface area contributed by atoms with Gasteiger partial charge in [-0.1, -0.05) is 6.92 Å². The number of piperidine rings is 1. The van der Waals surface area contributed by atoms with E-state index in [0.717, 1.165) is 32.2 Å². The summed E-state index contributed by atoms with van der Waals surface area (Å²) in [4.78, 5) is 14.7. The highest BCUT2D eigenvalue weighted by molar-refractivity contribution is 7.92. The van der Waals surface area contributed by atoms with Crippen LogP contribution in [0, 0.1) is 5.82 Å². The number of likely N-dealkylation sites (tertiary alicyclic amines) is 1. The number of carbonyl (C=O) groups excluding carboxylic acids is 1. The van der Waals surface area contributed by atoms with Crippen molar-refractivity contribution in [3.63, 3.8) is 0 Å². The van der Waals surface area contributed by atoms with Crippen molar-refractivity contribution in [1.29, 1.82) is 0 Å². The molecule has 1 aliphatic rings. The van der Waals surface area contributed by atoms with E-state index in [9.17, 15) is 17.6 Å². The molecule has 27 heavy (non-hydrogen) atoms. The molecule has 0 radical (unpaired) electrons. The summed E-state index contributed by atoms with van der Waals surface area (Å²) in [5.41, 5.74) is 0.756. The molecule has 1 aliphatic heterocycles. The Hall–Kier alpha value is -2.41. The molecule has 1 heterocycles. The topological polar surface area (TPSA) is 66.5 Å². The van der Waals surface area contributed by atoms with E-state index in [2.05, 4.69) is 11.6 Å². The number of halogens is 1. The van der Waals surface area contributed by atoms with E-state index >= 15 is 0 Å². The maximum Gasteiger partial charge on any atom is 0.261 e. The number of hydrogen-bond acceptors (Lipinski definition) is 3. The van der Waals surface area contributed by atoms with Crippen LogP contribution in [0.5, 0.6) is 0 Å². The minimum atomic E-state index is -3.81. The van der Waals surface area contributed by atoms with Crippen molar-refractivity contribution in [2.75, 3.05) is 11.3 Å². The SMILES string of the molecule is CCC1CCCCN1C(=O)c1ccc(S(=O)(=O)Nc2ccc(F)cc2)cc1. The first-order chi connectivity index (χ1) is 12.9. The molecule has 144 valence electrons. The molecule has 1 saturated heterocycles. The van der Waals surface area contributed by atoms with Gasteiger partial charge in [0, 0.05) is 23.8 Å². The van der Waals surface area contributed by atoms with E-state index in [0.29, 0.717) is 5.56 Å². The predicted molar refractivity (Wildman–Crippen MR) is 103 cm³/mol. The Balaban J connectivity index is 1.75. The first-order valence-corrected chi connectivity index (χ1v) is 10.6. The highest BCUT2D eigenvalue weighted by Crippen LogP contribution is 2.23. The lowest BCUT2D eigenvalue weighted by molar-refractivity contribution is 0.0608. The molecule has 0 aromatic heterocycles. The van der Waals surface area contributed by atoms with Crippen LogP contribution in [-0.2, 0) is 10.0 Å². The molecule has 2 aromatic carbocycles. The van der Waals surface area contributed by atoms with Crippen LogP contribution in [0.2, 0.25) is 0 Å². The Morgan fingerprint density at radius 2 is 1.78 bits per heavy atom. The molecule has 1 unspecified atom stereocenters. The summed E-state index contributed by atoms with van der Waals surface area (Å²) < 4.78 is 40.3. The van der Waals surface area contributed by atoms with Gasteiger partial charge >= 0.3 is 0 Å². The van der Waals surface area contributed by atoms with Gasteiger partial charge in [0.05, 0.1) is 4.90 Å². The average molecular weight is 390 g/mol. The number of amides is 1. The van der Waals surface area contributed by atoms with E-state index in [1.165, 1.54) is 36.4 Å². The molecule has 0 spiro atoms. The Morgan fingerprint density at radius 3 is 2.41 bits per heavy atom. The summed E-state index contributed by atoms with van der Waals surface area (Å²) in [6.07, 6.45) is 4.06. The van der Waals surface area contributed by atoms with Crippen molar-refractivity contribution < 1.29 is 17.6 Å². The van der Waals surface area contributed by atoms with E-state index in [-0.39, 0.29) is 22.5 Å². The van der Waals surface area contributed by atoms with Gasteiger partial charge in [-0.05, 0) is 74.2 Å². The van der Waals surface area contributed by atoms with Gasteiger partial charge in [0.1, 0.15) is 5.82 Å². The minimum Gasteiger partial charge on any atom is -0.336 e. The van der Waals surface area contributed by atoms with E-state index < -0.39 is 15.8 Å². The summed E-state index contributed by atoms with van der Waals surface area (Å²) in [6.45, 7) is 2.82. The Bertz CT molecular complexity index is 896. The van der Waals surface area contributed by atoms with Gasteiger partial charge < -0.3 is 4.90 Å². The Labute approximate surface area is 159 Å². The summed E-state index contributed by atoms with van der Waals surface area (Å²) >= 11 is 0. The summed E-state index contributed by atoms with van der Waals surface area (Å²) in [5.74, 6) is -0.499. The summed E-state index contributed by atoms with van der Waals surface area (Å²) in [5, 5.41) is 0. The number of nitrogens with zero attached hydrogens (tertiary/aromatic N) is 1. The Morgan fingerprint density at radius 1 is 1.11 bits per heavy atom. The van der Waals surface area contributed by atoms with Crippen LogP contribution in [-0.4, -0.2) is 31.8 Å². The number of sulfonamides is 1. The van der Waals surface area contributed by atoms with Crippen molar-refractivity contribution in [3.05, 3.63) is 59.9 Å². The van der Waals surface area contributed by atoms with Crippen LogP contribution in [0.15, 0.2) is 53.4 Å². The lowest BCUT2D eigenvalue weighted by Gasteiger charge is -2.35. The van der Waals surface area contributed by atoms with Crippen LogP contribution >= 0.6 is 0 Å². The molecule has 1 fully saturated rings. The van der Waals surface area contributed by atoms with Crippen LogP contribution in [0.3, 0.4) is 0 Å². The van der Waals surface area contributed by atoms with Gasteiger partial charge in [0.15, 0.2) is 0 Å². The summed E-state index contributed by atoms with van der Waals surface area (Å²) in [6, 6.07) is 11.2. The van der Waals surface area contributed by atoms with Crippen molar-refractivity contribution in [3.8, 4) is 0 Å². The first kappa shape index (κ1) is 19.4. The zero-order valence-electron chi connectivity index (χ0n) is 15.2. The zero-order valence-corrected chi connectivity index (χ0v) is 16.0. The molecular formula is C20H23FN2O3S. The largest absolute Gasteiger partial charge is 0.336 e. The highest BCUT2D eigenvalue weighted by Gasteiger charge is 2.26. The lowest BCUT2D eigenvalue weighted by Crippen LogP contribution is -2.43. The molecule has 1 N–H and O–H groups in total. The molecule has 2 aromatic rings. The second-order valence-electron chi connectivity index (χ2n) is 6.69. The molecular weight excluding hydrogens is 367 g/mol. The molecule has 0 aliphatic carbocycles. The first-order valence-electron chi connectivity index (χ1n) is 9.10. The normalized spacial score (nSPS) is 17.6. The van der Waals surface area contributed by atoms with Gasteiger partial charge in [-0.25, -0.2) is 12.8 Å². The second-order valence-corrected chi connectivity index (χ2v) is 8.38. The third-order valence-electron chi connectivity index (χ3n) is 4.87. The van der Waals surface area contributed by atoms with Crippen molar-refractivity contribution in [2.24, 2.45) is 0 Å². The lowest BCUT2D eigenvalue weighted by atomic mass is 9.99. The molecule has 0 saturated carbocycles. The number of hydrogen-bond donors (Lipinski definition) is 1.